The number of hydrogen-bond donors (Lipinski definition) is 0. The first-order valence-electron chi connectivity index (χ1n) is 27.8. The molecule has 80 heavy (non-hydrogen) atoms. The van der Waals surface area contributed by atoms with Crippen molar-refractivity contribution < 1.29 is 4.42 Å². The molecule has 0 spiro atoms. The molecule has 12 aromatic carbocycles. The van der Waals surface area contributed by atoms with Crippen LogP contribution in [0.3, 0.4) is 0 Å². The van der Waals surface area contributed by atoms with Crippen molar-refractivity contribution in [1.29, 1.82) is 0 Å². The van der Waals surface area contributed by atoms with E-state index in [-0.39, 0.29) is 5.41 Å². The van der Waals surface area contributed by atoms with Crippen molar-refractivity contribution in [3.63, 3.8) is 0 Å². The van der Waals surface area contributed by atoms with Gasteiger partial charge >= 0.3 is 0 Å². The third-order valence-corrected chi connectivity index (χ3v) is 20.4. The highest BCUT2D eigenvalue weighted by atomic mass is 32.1. The highest BCUT2D eigenvalue weighted by Gasteiger charge is 2.36. The van der Waals surface area contributed by atoms with Crippen molar-refractivity contribution >= 4 is 141 Å². The number of hydrogen-bond acceptors (Lipinski definition) is 4. The van der Waals surface area contributed by atoms with Crippen molar-refractivity contribution in [3.05, 3.63) is 247 Å². The van der Waals surface area contributed by atoms with Crippen molar-refractivity contribution in [1.82, 2.24) is 4.57 Å². The minimum absolute atomic E-state index is 0.154. The number of anilines is 3. The zero-order valence-electron chi connectivity index (χ0n) is 44.0. The SMILES string of the molecule is C=Cc1ccc2c(c1)C(C)(C)c1cc(N(c3cccc(-c4cccc(-c5ccc6c(c5)sc5cc7c8c(ccc9cc%10sc%11ccccc%11c%10c(c98)n7-c7ccc8oc9ccccc9c8c7)c56)c4)c3)c3ccc4c(c3)CC4)ccc1-2. The largest absolute Gasteiger partial charge is 0.456 e. The van der Waals surface area contributed by atoms with Crippen LogP contribution in [0.5, 0.6) is 0 Å². The summed E-state index contributed by atoms with van der Waals surface area (Å²) in [7, 11) is 0. The van der Waals surface area contributed by atoms with Crippen molar-refractivity contribution in [2.75, 3.05) is 4.90 Å². The smallest absolute Gasteiger partial charge is 0.135 e. The van der Waals surface area contributed by atoms with Crippen LogP contribution in [-0.2, 0) is 18.3 Å². The highest BCUT2D eigenvalue weighted by Crippen LogP contribution is 2.54. The second-order valence-corrected chi connectivity index (χ2v) is 24.9. The lowest BCUT2D eigenvalue weighted by atomic mass is 9.81. The fourth-order valence-corrected chi connectivity index (χ4v) is 16.5. The van der Waals surface area contributed by atoms with Gasteiger partial charge in [0.15, 0.2) is 0 Å². The third kappa shape index (κ3) is 6.19. The minimum atomic E-state index is -0.154. The molecule has 2 aliphatic rings. The molecular weight excluding hydrogens is 1010 g/mol. The average molecular weight is 1060 g/mol. The van der Waals surface area contributed by atoms with E-state index < -0.39 is 0 Å². The van der Waals surface area contributed by atoms with E-state index in [4.69, 9.17) is 4.42 Å². The van der Waals surface area contributed by atoms with E-state index in [1.165, 1.54) is 140 Å². The van der Waals surface area contributed by atoms with Gasteiger partial charge in [-0.05, 0) is 176 Å². The number of thiophene rings is 2. The predicted octanol–water partition coefficient (Wildman–Crippen LogP) is 21.9. The molecule has 0 amide bonds. The third-order valence-electron chi connectivity index (χ3n) is 18.1. The Morgan fingerprint density at radius 3 is 2.00 bits per heavy atom. The van der Waals surface area contributed by atoms with Crippen LogP contribution >= 0.6 is 22.7 Å². The quantitative estimate of drug-likeness (QED) is 0.148. The van der Waals surface area contributed by atoms with Crippen LogP contribution in [0, 0.1) is 0 Å². The maximum Gasteiger partial charge on any atom is 0.135 e. The first-order chi connectivity index (χ1) is 39.3. The van der Waals surface area contributed by atoms with Gasteiger partial charge in [0.25, 0.3) is 0 Å². The molecule has 0 bridgehead atoms. The molecule has 0 saturated carbocycles. The van der Waals surface area contributed by atoms with Crippen LogP contribution in [-0.4, -0.2) is 4.57 Å². The van der Waals surface area contributed by atoms with Gasteiger partial charge in [0.1, 0.15) is 11.2 Å². The van der Waals surface area contributed by atoms with E-state index in [9.17, 15) is 0 Å². The van der Waals surface area contributed by atoms with Gasteiger partial charge in [-0.3, -0.25) is 0 Å². The zero-order chi connectivity index (χ0) is 52.7. The fraction of sp³-hybridized carbons (Fsp3) is 0.0667. The van der Waals surface area contributed by atoms with Gasteiger partial charge < -0.3 is 13.9 Å². The Bertz CT molecular complexity index is 5390. The van der Waals surface area contributed by atoms with Crippen LogP contribution in [0.4, 0.5) is 17.1 Å². The molecule has 376 valence electrons. The molecule has 0 fully saturated rings. The Hall–Kier alpha value is -9.26. The Labute approximate surface area is 469 Å². The molecule has 5 heteroatoms. The Morgan fingerprint density at radius 2 is 1.15 bits per heavy atom. The van der Waals surface area contributed by atoms with Gasteiger partial charge in [0.05, 0.1) is 11.0 Å². The summed E-state index contributed by atoms with van der Waals surface area (Å²) in [5.41, 5.74) is 23.0. The molecule has 0 unspecified atom stereocenters. The summed E-state index contributed by atoms with van der Waals surface area (Å²) < 4.78 is 14.2. The molecule has 0 N–H and O–H groups in total. The maximum absolute atomic E-state index is 6.39. The first-order valence-corrected chi connectivity index (χ1v) is 29.4. The lowest BCUT2D eigenvalue weighted by Crippen LogP contribution is -2.17. The second kappa shape index (κ2) is 16.2. The van der Waals surface area contributed by atoms with E-state index >= 15 is 0 Å². The van der Waals surface area contributed by atoms with Gasteiger partial charge in [-0.25, -0.2) is 0 Å². The van der Waals surface area contributed by atoms with Crippen molar-refractivity contribution in [2.45, 2.75) is 32.1 Å². The number of nitrogens with zero attached hydrogens (tertiary/aromatic N) is 2. The zero-order valence-corrected chi connectivity index (χ0v) is 45.7. The summed E-state index contributed by atoms with van der Waals surface area (Å²) in [6.45, 7) is 8.81. The molecule has 0 saturated heterocycles. The van der Waals surface area contributed by atoms with Gasteiger partial charge in [0.2, 0.25) is 0 Å². The number of rotatable bonds is 7. The van der Waals surface area contributed by atoms with Gasteiger partial charge in [-0.2, -0.15) is 0 Å². The van der Waals surface area contributed by atoms with E-state index in [1.807, 2.05) is 28.7 Å². The molecule has 0 atom stereocenters. The Morgan fingerprint density at radius 1 is 0.463 bits per heavy atom. The van der Waals surface area contributed by atoms with Crippen molar-refractivity contribution in [3.8, 4) is 39.1 Å². The molecule has 16 aromatic rings. The summed E-state index contributed by atoms with van der Waals surface area (Å²) in [4.78, 5) is 2.47. The summed E-state index contributed by atoms with van der Waals surface area (Å²) >= 11 is 3.80. The topological polar surface area (TPSA) is 21.3 Å². The summed E-state index contributed by atoms with van der Waals surface area (Å²) in [5.74, 6) is 0. The first kappa shape index (κ1) is 44.7. The normalized spacial score (nSPS) is 13.7. The fourth-order valence-electron chi connectivity index (χ4n) is 14.1. The van der Waals surface area contributed by atoms with Gasteiger partial charge in [0, 0.05) is 90.1 Å². The lowest BCUT2D eigenvalue weighted by Gasteiger charge is -2.30. The minimum Gasteiger partial charge on any atom is -0.456 e. The van der Waals surface area contributed by atoms with Gasteiger partial charge in [-0.1, -0.05) is 148 Å². The van der Waals surface area contributed by atoms with Crippen molar-refractivity contribution in [2.24, 2.45) is 0 Å². The van der Waals surface area contributed by atoms with Gasteiger partial charge in [-0.15, -0.1) is 22.7 Å². The second-order valence-electron chi connectivity index (χ2n) is 22.8. The number of furan rings is 1. The van der Waals surface area contributed by atoms with E-state index in [0.29, 0.717) is 0 Å². The summed E-state index contributed by atoms with van der Waals surface area (Å²) in [6, 6.07) is 80.2. The van der Waals surface area contributed by atoms with E-state index in [1.54, 1.807) is 0 Å². The summed E-state index contributed by atoms with van der Waals surface area (Å²) in [5, 5.41) is 12.8. The number of aromatic nitrogens is 1. The molecule has 4 heterocycles. The molecule has 18 rings (SSSR count). The number of para-hydroxylation sites is 1. The van der Waals surface area contributed by atoms with E-state index in [2.05, 4.69) is 242 Å². The standard InChI is InChI=1S/C75H48N2OS2/c1-4-42-19-28-54-55-31-26-53(40-62(55)75(2,3)61(54)33-42)76(51-25-22-43-20-21-47(43)36-51)50-14-10-13-46(35-50)44-11-9-12-45(34-44)48-23-29-58-67(37-48)80-69-41-63-72-59(71(58)69)30-24-49-38-68-73(57-16-6-8-18-66(57)79-68)74(70(49)72)77(63)52-27-32-65-60(39-52)56-15-5-7-17-64(56)78-65/h4-19,22-41H,1,20-21H2,2-3H3. The molecular formula is C75H48N2OS2. The molecule has 3 nitrogen and oxygen atoms in total. The van der Waals surface area contributed by atoms with Crippen LogP contribution in [0.25, 0.3) is 140 Å². The van der Waals surface area contributed by atoms with Crippen LogP contribution in [0.2, 0.25) is 0 Å². The summed E-state index contributed by atoms with van der Waals surface area (Å²) in [6.07, 6.45) is 4.24. The molecule has 0 radical (unpaired) electrons. The average Bonchev–Trinajstić information content (AvgIpc) is 4.38. The lowest BCUT2D eigenvalue weighted by molar-refractivity contribution is 0.660. The molecule has 2 aliphatic carbocycles. The van der Waals surface area contributed by atoms with Crippen LogP contribution < -0.4 is 4.90 Å². The number of aryl methyl sites for hydroxylation is 2. The Balaban J connectivity index is 0.765. The predicted molar refractivity (Wildman–Crippen MR) is 343 cm³/mol. The number of fused-ring (bicyclic) bond motifs is 15. The maximum atomic E-state index is 6.39. The van der Waals surface area contributed by atoms with E-state index in [0.717, 1.165) is 51.7 Å². The molecule has 0 aliphatic heterocycles. The molecule has 4 aromatic heterocycles. The monoisotopic (exact) mass is 1060 g/mol. The Kier molecular flexibility index (Phi) is 9.04. The van der Waals surface area contributed by atoms with Crippen LogP contribution in [0.1, 0.15) is 41.7 Å². The van der Waals surface area contributed by atoms with Crippen LogP contribution in [0.15, 0.2) is 223 Å². The number of benzene rings is 12. The highest BCUT2D eigenvalue weighted by molar-refractivity contribution is 7.26.